The molecule has 1 saturated carbocycles. The molecule has 2 aliphatic carbocycles. The molecule has 1 spiro atoms. The van der Waals surface area contributed by atoms with Crippen LogP contribution in [-0.4, -0.2) is 64.7 Å². The van der Waals surface area contributed by atoms with E-state index in [0.29, 0.717) is 49.9 Å². The second kappa shape index (κ2) is 13.7. The van der Waals surface area contributed by atoms with Crippen LogP contribution in [0.3, 0.4) is 0 Å². The van der Waals surface area contributed by atoms with E-state index in [2.05, 4.69) is 33.9 Å². The molecule has 8 nitrogen and oxygen atoms in total. The number of sulfonamides is 1. The van der Waals surface area contributed by atoms with Crippen molar-refractivity contribution in [2.45, 2.75) is 94.0 Å². The number of fused-ring (bicyclic) bond motifs is 4. The molecule has 0 radical (unpaired) electrons. The minimum Gasteiger partial charge on any atom is -0.490 e. The predicted molar refractivity (Wildman–Crippen MR) is 184 cm³/mol. The van der Waals surface area contributed by atoms with Gasteiger partial charge in [-0.05, 0) is 118 Å². The Morgan fingerprint density at radius 1 is 1.11 bits per heavy atom. The van der Waals surface area contributed by atoms with Gasteiger partial charge in [-0.25, -0.2) is 13.1 Å². The van der Waals surface area contributed by atoms with Crippen molar-refractivity contribution in [1.29, 1.82) is 0 Å². The predicted octanol–water partition coefficient (Wildman–Crippen LogP) is 6.59. The van der Waals surface area contributed by atoms with E-state index in [9.17, 15) is 13.2 Å². The first-order chi connectivity index (χ1) is 22.7. The summed E-state index contributed by atoms with van der Waals surface area (Å²) in [6.07, 6.45) is 13.0. The van der Waals surface area contributed by atoms with Crippen LogP contribution in [0, 0.1) is 11.8 Å². The van der Waals surface area contributed by atoms with Gasteiger partial charge in [0.2, 0.25) is 10.0 Å². The number of hydrogen-bond acceptors (Lipinski definition) is 7. The van der Waals surface area contributed by atoms with Crippen LogP contribution in [0.25, 0.3) is 0 Å². The first-order valence-electron chi connectivity index (χ1n) is 17.5. The van der Waals surface area contributed by atoms with E-state index in [1.165, 1.54) is 11.1 Å². The fourth-order valence-corrected chi connectivity index (χ4v) is 10.1. The quantitative estimate of drug-likeness (QED) is 0.364. The maximum absolute atomic E-state index is 13.5. The zero-order chi connectivity index (χ0) is 32.6. The number of aryl methyl sites for hydroxylation is 1. The Morgan fingerprint density at radius 2 is 2.00 bits per heavy atom. The number of anilines is 1. The van der Waals surface area contributed by atoms with E-state index < -0.39 is 21.2 Å². The largest absolute Gasteiger partial charge is 0.490 e. The number of carbonyl (C=O) groups is 1. The number of allylic oxidation sites excluding steroid dienone is 1. The molecule has 1 amide bonds. The normalized spacial score (nSPS) is 32.7. The third-order valence-electron chi connectivity index (χ3n) is 11.3. The lowest BCUT2D eigenvalue weighted by Crippen LogP contribution is -2.50. The van der Waals surface area contributed by atoms with Gasteiger partial charge in [-0.15, -0.1) is 0 Å². The van der Waals surface area contributed by atoms with Crippen molar-refractivity contribution in [2.24, 2.45) is 11.8 Å². The van der Waals surface area contributed by atoms with Crippen LogP contribution in [0.2, 0.25) is 5.02 Å². The molecule has 2 aromatic carbocycles. The molecule has 5 aliphatic rings. The van der Waals surface area contributed by atoms with Crippen LogP contribution in [0.1, 0.15) is 86.2 Å². The third-order valence-corrected chi connectivity index (χ3v) is 13.4. The summed E-state index contributed by atoms with van der Waals surface area (Å²) in [6.45, 7) is 5.26. The fourth-order valence-electron chi connectivity index (χ4n) is 8.47. The Kier molecular flexibility index (Phi) is 9.62. The van der Waals surface area contributed by atoms with Gasteiger partial charge < -0.3 is 19.1 Å². The van der Waals surface area contributed by atoms with Gasteiger partial charge in [0.05, 0.1) is 36.4 Å². The van der Waals surface area contributed by atoms with Crippen LogP contribution in [-0.2, 0) is 31.3 Å². The smallest absolute Gasteiger partial charge is 0.264 e. The molecular weight excluding hydrogens is 636 g/mol. The molecule has 47 heavy (non-hydrogen) atoms. The van der Waals surface area contributed by atoms with Crippen LogP contribution < -0.4 is 14.4 Å². The average Bonchev–Trinajstić information content (AvgIpc) is 3.51. The van der Waals surface area contributed by atoms with Crippen molar-refractivity contribution in [2.75, 3.05) is 37.8 Å². The van der Waals surface area contributed by atoms with Gasteiger partial charge in [0.15, 0.2) is 0 Å². The van der Waals surface area contributed by atoms with Crippen molar-refractivity contribution in [3.05, 3.63) is 70.3 Å². The van der Waals surface area contributed by atoms with Crippen molar-refractivity contribution in [3.8, 4) is 5.75 Å². The molecule has 254 valence electrons. The summed E-state index contributed by atoms with van der Waals surface area (Å²) in [5.41, 5.74) is 3.47. The number of nitrogens with zero attached hydrogens (tertiary/aromatic N) is 1. The van der Waals surface area contributed by atoms with Gasteiger partial charge >= 0.3 is 0 Å². The van der Waals surface area contributed by atoms with E-state index in [1.807, 2.05) is 25.1 Å². The van der Waals surface area contributed by atoms with Gasteiger partial charge in [0.25, 0.3) is 5.91 Å². The van der Waals surface area contributed by atoms with E-state index in [0.717, 1.165) is 81.1 Å². The van der Waals surface area contributed by atoms with Crippen molar-refractivity contribution in [3.63, 3.8) is 0 Å². The van der Waals surface area contributed by atoms with Crippen LogP contribution in [0.15, 0.2) is 48.6 Å². The Morgan fingerprint density at radius 3 is 2.79 bits per heavy atom. The average molecular weight is 683 g/mol. The zero-order valence-electron chi connectivity index (χ0n) is 27.3. The number of carbonyl (C=O) groups excluding carboxylic acids is 1. The minimum absolute atomic E-state index is 0.0669. The molecule has 2 fully saturated rings. The molecule has 0 unspecified atom stereocenters. The highest BCUT2D eigenvalue weighted by Crippen LogP contribution is 2.47. The standard InChI is InChI=1S/C37H47ClN2O6S/c1-2-30-9-3-4-10-34(45-22-29-8-6-18-44-29)31-14-11-27(31)21-40-23-37(17-5-7-25-19-28(38)13-15-32(25)37)24-46-35-16-12-26(20-33(35)40)36(41)39-47(30,42)43/h4,10,12-13,15-16,19-20,27,29-31,34H,2-3,5-9,11,14,17-18,21-24H2,1H3,(H,39,41)/b10-4-/t27-,29-,30+,31+,34-,37-/m0/s1. The topological polar surface area (TPSA) is 94.2 Å². The minimum atomic E-state index is -3.88. The molecule has 2 bridgehead atoms. The monoisotopic (exact) mass is 682 g/mol. The second-order valence-corrected chi connectivity index (χ2v) is 16.6. The lowest BCUT2D eigenvalue weighted by Gasteiger charge is -2.46. The Bertz CT molecular complexity index is 1610. The van der Waals surface area contributed by atoms with E-state index >= 15 is 0 Å². The number of rotatable bonds is 4. The van der Waals surface area contributed by atoms with Crippen molar-refractivity contribution >= 4 is 33.2 Å². The number of halogens is 1. The van der Waals surface area contributed by atoms with Crippen molar-refractivity contribution < 1.29 is 27.4 Å². The van der Waals surface area contributed by atoms with Gasteiger partial charge in [-0.2, -0.15) is 0 Å². The summed E-state index contributed by atoms with van der Waals surface area (Å²) < 4.78 is 48.3. The Labute approximate surface area is 284 Å². The summed E-state index contributed by atoms with van der Waals surface area (Å²) in [7, 11) is -3.88. The summed E-state index contributed by atoms with van der Waals surface area (Å²) >= 11 is 6.45. The molecule has 1 N–H and O–H groups in total. The lowest BCUT2D eigenvalue weighted by molar-refractivity contribution is -0.0532. The molecule has 7 rings (SSSR count). The Hall–Kier alpha value is -2.59. The van der Waals surface area contributed by atoms with E-state index in [-0.39, 0.29) is 17.6 Å². The highest BCUT2D eigenvalue weighted by molar-refractivity contribution is 7.90. The maximum Gasteiger partial charge on any atom is 0.264 e. The van der Waals surface area contributed by atoms with E-state index in [1.54, 1.807) is 6.07 Å². The molecule has 3 aliphatic heterocycles. The van der Waals surface area contributed by atoms with Gasteiger partial charge in [-0.3, -0.25) is 4.79 Å². The summed E-state index contributed by atoms with van der Waals surface area (Å²) in [5.74, 6) is 0.838. The molecular formula is C37H47ClN2O6S. The number of amides is 1. The molecule has 1 saturated heterocycles. The highest BCUT2D eigenvalue weighted by atomic mass is 35.5. The number of hydrogen-bond donors (Lipinski definition) is 1. The Balaban J connectivity index is 1.26. The van der Waals surface area contributed by atoms with Gasteiger partial charge in [0.1, 0.15) is 5.75 Å². The SMILES string of the molecule is CC[C@@H]1CC/C=C\[C@H](OC[C@@H]2CCCO2)[C@@H]2CC[C@H]2CN2C[C@@]3(CCCc4cc(Cl)ccc43)COc3ccc(cc32)C(=O)NS1(=O)=O. The highest BCUT2D eigenvalue weighted by Gasteiger charge is 2.44. The lowest BCUT2D eigenvalue weighted by atomic mass is 9.68. The molecule has 2 aromatic rings. The van der Waals surface area contributed by atoms with Crippen LogP contribution >= 0.6 is 11.6 Å². The first kappa shape index (κ1) is 32.9. The fraction of sp³-hybridized carbons (Fsp3) is 0.595. The first-order valence-corrected chi connectivity index (χ1v) is 19.4. The molecule has 0 aromatic heterocycles. The summed E-state index contributed by atoms with van der Waals surface area (Å²) in [6, 6.07) is 11.6. The molecule has 10 heteroatoms. The number of benzene rings is 2. The third kappa shape index (κ3) is 6.83. The summed E-state index contributed by atoms with van der Waals surface area (Å²) in [5, 5.41) is 0.0751. The van der Waals surface area contributed by atoms with Crippen molar-refractivity contribution in [1.82, 2.24) is 4.72 Å². The van der Waals surface area contributed by atoms with Gasteiger partial charge in [-0.1, -0.05) is 36.7 Å². The second-order valence-electron chi connectivity index (χ2n) is 14.2. The molecule has 6 atom stereocenters. The molecule has 3 heterocycles. The number of nitrogens with one attached hydrogen (secondary N) is 1. The van der Waals surface area contributed by atoms with Crippen LogP contribution in [0.5, 0.6) is 5.75 Å². The van der Waals surface area contributed by atoms with Gasteiger partial charge in [0, 0.05) is 35.7 Å². The number of ether oxygens (including phenoxy) is 3. The summed E-state index contributed by atoms with van der Waals surface area (Å²) in [4.78, 5) is 15.9. The zero-order valence-corrected chi connectivity index (χ0v) is 28.9. The van der Waals surface area contributed by atoms with Crippen LogP contribution in [0.4, 0.5) is 5.69 Å². The maximum atomic E-state index is 13.5. The van der Waals surface area contributed by atoms with E-state index in [4.69, 9.17) is 25.8 Å².